The topological polar surface area (TPSA) is 80.7 Å². The molecule has 3 rings (SSSR count). The molecule has 3 aliphatic carbocycles. The maximum Gasteiger partial charge on any atom is 2.00 e. The van der Waals surface area contributed by atoms with Crippen molar-refractivity contribution in [2.45, 2.75) is 179 Å². The van der Waals surface area contributed by atoms with Crippen LogP contribution in [-0.4, -0.2) is 56.4 Å². The summed E-state index contributed by atoms with van der Waals surface area (Å²) in [4.78, 5) is 32.7. The van der Waals surface area contributed by atoms with Crippen molar-refractivity contribution in [3.8, 4) is 0 Å². The van der Waals surface area contributed by atoms with Crippen LogP contribution in [0.25, 0.3) is 0 Å². The van der Waals surface area contributed by atoms with Crippen LogP contribution in [0.5, 0.6) is 0 Å². The first-order valence-electron chi connectivity index (χ1n) is 17.9. The zero-order valence-corrected chi connectivity index (χ0v) is 37.1. The van der Waals surface area contributed by atoms with Crippen LogP contribution in [0.15, 0.2) is 24.3 Å². The average molecular weight is 742 g/mol. The van der Waals surface area contributed by atoms with Crippen molar-refractivity contribution in [2.75, 3.05) is 0 Å². The predicted molar refractivity (Wildman–Crippen MR) is 207 cm³/mol. The summed E-state index contributed by atoms with van der Waals surface area (Å²) >= 11 is 4.87. The normalized spacial score (nSPS) is 28.8. The van der Waals surface area contributed by atoms with E-state index in [1.807, 2.05) is 0 Å². The smallest absolute Gasteiger partial charge is 1.00 e. The van der Waals surface area contributed by atoms with E-state index in [2.05, 4.69) is 96.2 Å². The van der Waals surface area contributed by atoms with Crippen LogP contribution < -0.4 is 12.4 Å². The van der Waals surface area contributed by atoms with Crippen LogP contribution in [0.3, 0.4) is 0 Å². The van der Waals surface area contributed by atoms with Gasteiger partial charge >= 0.3 is 29.0 Å². The molecular weight excluding hydrogens is 668 g/mol. The van der Waals surface area contributed by atoms with Crippen LogP contribution >= 0.6 is 11.6 Å². The third-order valence-electron chi connectivity index (χ3n) is 9.31. The number of hydrogen-bond acceptors (Lipinski definition) is 5. The molecule has 5 nitrogen and oxygen atoms in total. The van der Waals surface area contributed by atoms with Gasteiger partial charge in [0, 0.05) is 24.0 Å². The Kier molecular flexibility index (Phi) is 27.1. The quantitative estimate of drug-likeness (QED) is 0.101. The van der Waals surface area contributed by atoms with Gasteiger partial charge in [-0.3, -0.25) is 9.59 Å². The fraction of sp³-hybridized carbons (Fsp3) is 0.805. The fourth-order valence-electron chi connectivity index (χ4n) is 8.42. The molecule has 0 aliphatic heterocycles. The Bertz CT molecular complexity index is 1020. The fourth-order valence-corrected chi connectivity index (χ4v) is 8.42. The molecule has 0 aromatic heterocycles. The number of ketones is 1. The van der Waals surface area contributed by atoms with E-state index in [-0.39, 0.29) is 63.5 Å². The van der Waals surface area contributed by atoms with E-state index in [1.54, 1.807) is 20.8 Å². The Balaban J connectivity index is -0.000000281. The molecule has 5 unspecified atom stereocenters. The van der Waals surface area contributed by atoms with Crippen molar-refractivity contribution < 1.29 is 36.6 Å². The van der Waals surface area contributed by atoms with Gasteiger partial charge in [-0.15, -0.1) is 0 Å². The molecule has 3 aliphatic rings. The second kappa shape index (κ2) is 24.0. The summed E-state index contributed by atoms with van der Waals surface area (Å²) in [6, 6.07) is 0. The SMILES string of the molecule is C=C(C)C(=O)Cl.C=C(C)C(=O)OC1(CC)CC(C)CC(C)(C)C1.CC1CC(=O)CC(C)(C)C1.CCC1(O)CC(C)CC(C)(C)C1.[CH2-]C.[Cl-].[Mg+2]. The molecule has 3 saturated carbocycles. The molecule has 49 heavy (non-hydrogen) atoms. The summed E-state index contributed by atoms with van der Waals surface area (Å²) in [5.41, 5.74) is 1.09. The van der Waals surface area contributed by atoms with Gasteiger partial charge < -0.3 is 29.2 Å². The molecule has 0 saturated heterocycles. The Hall–Kier alpha value is -0.404. The van der Waals surface area contributed by atoms with Gasteiger partial charge in [-0.1, -0.05) is 89.3 Å². The van der Waals surface area contributed by atoms with Crippen molar-refractivity contribution in [1.29, 1.82) is 0 Å². The largest absolute Gasteiger partial charge is 2.00 e. The van der Waals surface area contributed by atoms with Crippen LogP contribution in [0, 0.1) is 40.9 Å². The van der Waals surface area contributed by atoms with Crippen molar-refractivity contribution in [1.82, 2.24) is 0 Å². The summed E-state index contributed by atoms with van der Waals surface area (Å²) in [5.74, 6) is 2.10. The minimum Gasteiger partial charge on any atom is -1.00 e. The number of carbonyl (C=O) groups excluding carboxylic acids is 3. The molecule has 284 valence electrons. The first-order valence-corrected chi connectivity index (χ1v) is 18.3. The Morgan fingerprint density at radius 2 is 1.20 bits per heavy atom. The molecule has 0 heterocycles. The maximum absolute atomic E-state index is 11.8. The average Bonchev–Trinajstić information content (AvgIpc) is 2.86. The van der Waals surface area contributed by atoms with E-state index in [4.69, 9.17) is 16.3 Å². The third-order valence-corrected chi connectivity index (χ3v) is 9.63. The molecule has 0 spiro atoms. The summed E-state index contributed by atoms with van der Waals surface area (Å²) in [6.07, 6.45) is 11.0. The van der Waals surface area contributed by atoms with E-state index in [0.717, 1.165) is 51.4 Å². The molecule has 3 fully saturated rings. The standard InChI is InChI=1S/C15H26O2.C11H22O.C9H16O.C4H5ClO.C2H5.ClH.Mg/c1-7-15(17-13(16)11(2)3)9-12(4)8-14(5,6)10-15;1-5-11(12)7-9(2)6-10(3,4)8-11;1-7-4-8(10)6-9(2,3)5-7;1-3(2)4(5)6;1-2;;/h12H,2,7-10H2,1,3-6H3;9,12H,5-8H2,1-4H3;7H,4-6H2,1-3H3;1H2,2H3;1H2,2H3;1H;/q;;;;-1;;+2/p-1. The molecule has 0 amide bonds. The van der Waals surface area contributed by atoms with Crippen molar-refractivity contribution in [3.05, 3.63) is 31.2 Å². The summed E-state index contributed by atoms with van der Waals surface area (Å²) < 4.78 is 5.76. The number of rotatable bonds is 5. The maximum atomic E-state index is 11.8. The number of esters is 1. The van der Waals surface area contributed by atoms with Gasteiger partial charge in [0.05, 0.1) is 5.60 Å². The van der Waals surface area contributed by atoms with Gasteiger partial charge in [0.2, 0.25) is 5.24 Å². The number of hydrogen-bond donors (Lipinski definition) is 1. The van der Waals surface area contributed by atoms with E-state index in [1.165, 1.54) is 19.3 Å². The molecule has 0 aromatic carbocycles. The van der Waals surface area contributed by atoms with Gasteiger partial charge in [0.15, 0.2) is 0 Å². The Morgan fingerprint density at radius 1 is 0.796 bits per heavy atom. The van der Waals surface area contributed by atoms with Gasteiger partial charge in [-0.05, 0) is 117 Å². The van der Waals surface area contributed by atoms with Crippen LogP contribution in [0.1, 0.15) is 168 Å². The van der Waals surface area contributed by atoms with Crippen molar-refractivity contribution in [2.24, 2.45) is 34.0 Å². The summed E-state index contributed by atoms with van der Waals surface area (Å²) in [5, 5.41) is 9.72. The number of ether oxygens (including phenoxy) is 1. The summed E-state index contributed by atoms with van der Waals surface area (Å²) in [7, 11) is 0. The van der Waals surface area contributed by atoms with Crippen molar-refractivity contribution >= 4 is 51.6 Å². The van der Waals surface area contributed by atoms with Gasteiger partial charge in [-0.2, -0.15) is 6.92 Å². The Morgan fingerprint density at radius 3 is 1.51 bits per heavy atom. The monoisotopic (exact) mass is 740 g/mol. The van der Waals surface area contributed by atoms with Gasteiger partial charge in [0.25, 0.3) is 0 Å². The summed E-state index contributed by atoms with van der Waals surface area (Å²) in [6.45, 7) is 39.5. The molecule has 0 radical (unpaired) electrons. The minimum atomic E-state index is -0.463. The molecule has 8 heteroatoms. The Labute approximate surface area is 330 Å². The van der Waals surface area contributed by atoms with Crippen LogP contribution in [0.2, 0.25) is 0 Å². The molecule has 1 N–H and O–H groups in total. The number of carbonyl (C=O) groups is 3. The third kappa shape index (κ3) is 23.7. The van der Waals surface area contributed by atoms with Gasteiger partial charge in [-0.25, -0.2) is 4.79 Å². The van der Waals surface area contributed by atoms with E-state index < -0.39 is 5.24 Å². The second-order valence-electron chi connectivity index (χ2n) is 17.4. The van der Waals surface area contributed by atoms with Crippen molar-refractivity contribution in [3.63, 3.8) is 0 Å². The zero-order chi connectivity index (χ0) is 37.6. The first kappa shape index (κ1) is 55.4. The number of aliphatic hydroxyl groups is 1. The molecule has 0 aromatic rings. The first-order chi connectivity index (χ1) is 21.2. The van der Waals surface area contributed by atoms with E-state index in [0.29, 0.717) is 40.1 Å². The number of halogens is 2. The molecule has 5 atom stereocenters. The second-order valence-corrected chi connectivity index (χ2v) is 17.8. The minimum absolute atomic E-state index is 0. The number of allylic oxidation sites excluding steroid dienone is 1. The number of Topliss-reactive ketones (excluding diaryl/α,β-unsaturated/α-hetero) is 1. The molecular formula is C41H74Cl2MgO5. The van der Waals surface area contributed by atoms with Crippen LogP contribution in [0.4, 0.5) is 0 Å². The van der Waals surface area contributed by atoms with Gasteiger partial charge in [0.1, 0.15) is 11.4 Å². The van der Waals surface area contributed by atoms with Crippen LogP contribution in [-0.2, 0) is 19.1 Å². The molecule has 0 bridgehead atoms. The predicted octanol–water partition coefficient (Wildman–Crippen LogP) is 8.27. The zero-order valence-electron chi connectivity index (χ0n) is 34.2. The van der Waals surface area contributed by atoms with E-state index >= 15 is 0 Å². The van der Waals surface area contributed by atoms with E-state index in [9.17, 15) is 19.5 Å².